The number of nitrogens with zero attached hydrogens (tertiary/aromatic N) is 1. The molecule has 0 saturated carbocycles. The smallest absolute Gasteiger partial charge is 0.269 e. The molecule has 0 saturated heterocycles. The number of halogens is 1. The van der Waals surface area contributed by atoms with Crippen LogP contribution in [0.5, 0.6) is 11.5 Å². The molecule has 0 aliphatic rings. The summed E-state index contributed by atoms with van der Waals surface area (Å²) in [6, 6.07) is 12.2. The van der Waals surface area contributed by atoms with E-state index in [-0.39, 0.29) is 18.1 Å². The van der Waals surface area contributed by atoms with Crippen molar-refractivity contribution in [1.29, 1.82) is 0 Å². The summed E-state index contributed by atoms with van der Waals surface area (Å²) in [5.41, 5.74) is 1.98. The van der Waals surface area contributed by atoms with Crippen LogP contribution in [0.25, 0.3) is 0 Å². The van der Waals surface area contributed by atoms with Crippen LogP contribution in [-0.2, 0) is 6.54 Å². The molecule has 26 heavy (non-hydrogen) atoms. The van der Waals surface area contributed by atoms with E-state index < -0.39 is 4.92 Å². The Labute approximate surface area is 159 Å². The maximum Gasteiger partial charge on any atom is 0.269 e. The first-order chi connectivity index (χ1) is 12.2. The fraction of sp³-hybridized carbons (Fsp3) is 0.333. The lowest BCUT2D eigenvalue weighted by Gasteiger charge is -2.14. The van der Waals surface area contributed by atoms with E-state index >= 15 is 0 Å². The Kier molecular flexibility index (Phi) is 9.25. The summed E-state index contributed by atoms with van der Waals surface area (Å²) in [5.74, 6) is 1.49. The Morgan fingerprint density at radius 1 is 1.12 bits per heavy atom. The van der Waals surface area contributed by atoms with Crippen molar-refractivity contribution >= 4 is 23.8 Å². The Bertz CT molecular complexity index is 695. The molecule has 0 unspecified atom stereocenters. The summed E-state index contributed by atoms with van der Waals surface area (Å²) in [5, 5.41) is 17.2. The summed E-state index contributed by atoms with van der Waals surface area (Å²) in [4.78, 5) is 10.2. The first kappa shape index (κ1) is 21.5. The molecular formula is C18H24ClN3O4. The molecule has 0 fully saturated rings. The molecule has 2 rings (SSSR count). The zero-order chi connectivity index (χ0) is 18.1. The first-order valence-corrected chi connectivity index (χ1v) is 8.13. The van der Waals surface area contributed by atoms with Gasteiger partial charge in [0.2, 0.25) is 0 Å². The van der Waals surface area contributed by atoms with Crippen molar-refractivity contribution in [3.63, 3.8) is 0 Å². The van der Waals surface area contributed by atoms with Gasteiger partial charge in [0, 0.05) is 43.0 Å². The van der Waals surface area contributed by atoms with Crippen molar-refractivity contribution in [3.05, 3.63) is 58.1 Å². The van der Waals surface area contributed by atoms with E-state index in [4.69, 9.17) is 9.47 Å². The molecule has 142 valence electrons. The van der Waals surface area contributed by atoms with Crippen LogP contribution in [0.15, 0.2) is 42.5 Å². The molecule has 2 N–H and O–H groups in total. The van der Waals surface area contributed by atoms with Gasteiger partial charge in [-0.1, -0.05) is 12.1 Å². The van der Waals surface area contributed by atoms with Gasteiger partial charge in [0.15, 0.2) is 11.5 Å². The average Bonchev–Trinajstić information content (AvgIpc) is 2.63. The molecule has 2 aromatic rings. The van der Waals surface area contributed by atoms with E-state index in [0.29, 0.717) is 19.7 Å². The average molecular weight is 382 g/mol. The second-order valence-corrected chi connectivity index (χ2v) is 5.29. The van der Waals surface area contributed by atoms with Gasteiger partial charge < -0.3 is 20.1 Å². The second-order valence-electron chi connectivity index (χ2n) is 5.29. The van der Waals surface area contributed by atoms with Gasteiger partial charge in [-0.15, -0.1) is 12.4 Å². The van der Waals surface area contributed by atoms with E-state index in [9.17, 15) is 10.1 Å². The van der Waals surface area contributed by atoms with Crippen LogP contribution in [0.4, 0.5) is 11.4 Å². The highest BCUT2D eigenvalue weighted by Gasteiger charge is 2.09. The molecule has 0 aliphatic heterocycles. The highest BCUT2D eigenvalue weighted by molar-refractivity contribution is 5.85. The van der Waals surface area contributed by atoms with Gasteiger partial charge in [0.25, 0.3) is 5.69 Å². The molecule has 0 aliphatic carbocycles. The Morgan fingerprint density at radius 2 is 1.85 bits per heavy atom. The minimum Gasteiger partial charge on any atom is -0.493 e. The number of rotatable bonds is 10. The van der Waals surface area contributed by atoms with Crippen LogP contribution in [0.2, 0.25) is 0 Å². The number of anilines is 1. The maximum atomic E-state index is 10.6. The van der Waals surface area contributed by atoms with E-state index in [1.165, 1.54) is 12.1 Å². The van der Waals surface area contributed by atoms with Gasteiger partial charge in [-0.25, -0.2) is 0 Å². The van der Waals surface area contributed by atoms with Gasteiger partial charge in [-0.2, -0.15) is 0 Å². The van der Waals surface area contributed by atoms with Crippen LogP contribution in [0, 0.1) is 10.1 Å². The van der Waals surface area contributed by atoms with Gasteiger partial charge in [0.1, 0.15) is 0 Å². The Hall–Kier alpha value is -2.51. The Balaban J connectivity index is 0.00000338. The lowest BCUT2D eigenvalue weighted by Crippen LogP contribution is -2.22. The summed E-state index contributed by atoms with van der Waals surface area (Å²) < 4.78 is 11.0. The van der Waals surface area contributed by atoms with Crippen molar-refractivity contribution in [2.45, 2.75) is 13.5 Å². The number of hydrogen-bond donors (Lipinski definition) is 2. The molecule has 0 spiro atoms. The number of methoxy groups -OCH3 is 1. The minimum atomic E-state index is -0.407. The molecular weight excluding hydrogens is 358 g/mol. The molecule has 0 aromatic heterocycles. The number of non-ortho nitro benzene ring substituents is 1. The number of hydrogen-bond acceptors (Lipinski definition) is 6. The molecule has 0 heterocycles. The van der Waals surface area contributed by atoms with Crippen molar-refractivity contribution in [3.8, 4) is 11.5 Å². The summed E-state index contributed by atoms with van der Waals surface area (Å²) in [6.07, 6.45) is 0. The summed E-state index contributed by atoms with van der Waals surface area (Å²) >= 11 is 0. The number of benzene rings is 2. The third kappa shape index (κ3) is 6.09. The Morgan fingerprint density at radius 3 is 2.46 bits per heavy atom. The zero-order valence-electron chi connectivity index (χ0n) is 14.9. The van der Waals surface area contributed by atoms with Gasteiger partial charge in [0.05, 0.1) is 18.6 Å². The van der Waals surface area contributed by atoms with Gasteiger partial charge >= 0.3 is 0 Å². The summed E-state index contributed by atoms with van der Waals surface area (Å²) in [6.45, 7) is 4.62. The fourth-order valence-electron chi connectivity index (χ4n) is 2.39. The molecule has 0 bridgehead atoms. The predicted molar refractivity (Wildman–Crippen MR) is 105 cm³/mol. The monoisotopic (exact) mass is 381 g/mol. The van der Waals surface area contributed by atoms with Crippen LogP contribution in [0.3, 0.4) is 0 Å². The molecule has 0 amide bonds. The molecule has 2 aromatic carbocycles. The molecule has 0 radical (unpaired) electrons. The van der Waals surface area contributed by atoms with Gasteiger partial charge in [-0.05, 0) is 25.1 Å². The lowest BCUT2D eigenvalue weighted by molar-refractivity contribution is -0.384. The number of nitrogens with one attached hydrogen (secondary N) is 2. The lowest BCUT2D eigenvalue weighted by atomic mass is 10.2. The van der Waals surface area contributed by atoms with Crippen LogP contribution < -0.4 is 20.1 Å². The number of nitro benzene ring substituents is 1. The molecule has 0 atom stereocenters. The van der Waals surface area contributed by atoms with Crippen LogP contribution >= 0.6 is 12.4 Å². The SMILES string of the molecule is CCOc1c(CNCCNc2ccc([N+](=O)[O-])cc2)cccc1OC.Cl. The van der Waals surface area contributed by atoms with E-state index in [0.717, 1.165) is 29.3 Å². The number of ether oxygens (including phenoxy) is 2. The summed E-state index contributed by atoms with van der Waals surface area (Å²) in [7, 11) is 1.63. The number of para-hydroxylation sites is 1. The highest BCUT2D eigenvalue weighted by atomic mass is 35.5. The standard InChI is InChI=1S/C18H23N3O4.ClH/c1-3-25-18-14(5-4-6-17(18)24-2)13-19-11-12-20-15-7-9-16(10-8-15)21(22)23;/h4-10,19-20H,3,11-13H2,1-2H3;1H. The third-order valence-electron chi connectivity index (χ3n) is 3.59. The highest BCUT2D eigenvalue weighted by Crippen LogP contribution is 2.30. The topological polar surface area (TPSA) is 85.7 Å². The quantitative estimate of drug-likeness (QED) is 0.371. The van der Waals surface area contributed by atoms with E-state index in [2.05, 4.69) is 10.6 Å². The van der Waals surface area contributed by atoms with Crippen molar-refractivity contribution in [2.24, 2.45) is 0 Å². The van der Waals surface area contributed by atoms with Crippen LogP contribution in [0.1, 0.15) is 12.5 Å². The normalized spacial score (nSPS) is 9.92. The molecule has 7 nitrogen and oxygen atoms in total. The second kappa shape index (κ2) is 11.2. The maximum absolute atomic E-state index is 10.6. The largest absolute Gasteiger partial charge is 0.493 e. The van der Waals surface area contributed by atoms with Gasteiger partial charge in [-0.3, -0.25) is 10.1 Å². The third-order valence-corrected chi connectivity index (χ3v) is 3.59. The molecule has 8 heteroatoms. The van der Waals surface area contributed by atoms with E-state index in [1.807, 2.05) is 25.1 Å². The zero-order valence-corrected chi connectivity index (χ0v) is 15.7. The van der Waals surface area contributed by atoms with Crippen molar-refractivity contribution in [2.75, 3.05) is 32.1 Å². The fourth-order valence-corrected chi connectivity index (χ4v) is 2.39. The predicted octanol–water partition coefficient (Wildman–Crippen LogP) is 3.63. The van der Waals surface area contributed by atoms with Crippen LogP contribution in [-0.4, -0.2) is 31.7 Å². The van der Waals surface area contributed by atoms with Crippen molar-refractivity contribution < 1.29 is 14.4 Å². The minimum absolute atomic E-state index is 0. The van der Waals surface area contributed by atoms with E-state index in [1.54, 1.807) is 19.2 Å². The van der Waals surface area contributed by atoms with Crippen molar-refractivity contribution in [1.82, 2.24) is 5.32 Å². The number of nitro groups is 1. The first-order valence-electron chi connectivity index (χ1n) is 8.13.